The summed E-state index contributed by atoms with van der Waals surface area (Å²) < 4.78 is 10.7. The number of methoxy groups -OCH3 is 1. The maximum Gasteiger partial charge on any atom is 0.251 e. The highest BCUT2D eigenvalue weighted by Crippen LogP contribution is 2.15. The second kappa shape index (κ2) is 11.1. The molecule has 0 spiro atoms. The smallest absolute Gasteiger partial charge is 0.251 e. The first kappa shape index (κ1) is 22.3. The second-order valence-electron chi connectivity index (χ2n) is 7.23. The number of amides is 2. The summed E-state index contributed by atoms with van der Waals surface area (Å²) in [5.74, 6) is 1.03. The van der Waals surface area contributed by atoms with Crippen molar-refractivity contribution >= 4 is 11.8 Å². The molecule has 6 heteroatoms. The van der Waals surface area contributed by atoms with Crippen LogP contribution in [-0.4, -0.2) is 37.6 Å². The van der Waals surface area contributed by atoms with Crippen LogP contribution in [0.5, 0.6) is 11.5 Å². The van der Waals surface area contributed by atoms with Crippen molar-refractivity contribution in [2.75, 3.05) is 13.7 Å². The van der Waals surface area contributed by atoms with Crippen molar-refractivity contribution in [1.29, 1.82) is 0 Å². The molecule has 0 bridgehead atoms. The zero-order chi connectivity index (χ0) is 21.2. The third-order valence-corrected chi connectivity index (χ3v) is 4.33. The number of benzene rings is 2. The highest BCUT2D eigenvalue weighted by atomic mass is 16.5. The molecule has 0 heterocycles. The first-order valence-corrected chi connectivity index (χ1v) is 9.84. The number of nitrogens with one attached hydrogen (secondary N) is 2. The molecule has 0 saturated carbocycles. The minimum atomic E-state index is -0.292. The third-order valence-electron chi connectivity index (χ3n) is 4.33. The van der Waals surface area contributed by atoms with E-state index in [0.29, 0.717) is 11.3 Å². The molecular weight excluding hydrogens is 368 g/mol. The topological polar surface area (TPSA) is 76.7 Å². The standard InChI is InChI=1S/C23H30N2O4/c1-16(2)29-21-11-7-18(8-12-21)6-5-17(3)25-22(26)15-24-23(27)19-9-13-20(28-4)14-10-19/h7-14,16-17H,5-6,15H2,1-4H3,(H,24,27)(H,25,26). The van der Waals surface area contributed by atoms with E-state index in [9.17, 15) is 9.59 Å². The number of hydrogen-bond acceptors (Lipinski definition) is 4. The molecule has 2 rings (SSSR count). The van der Waals surface area contributed by atoms with Crippen LogP contribution in [0.15, 0.2) is 48.5 Å². The van der Waals surface area contributed by atoms with Crippen molar-refractivity contribution in [2.45, 2.75) is 45.8 Å². The number of ether oxygens (including phenoxy) is 2. The Morgan fingerprint density at radius 3 is 2.14 bits per heavy atom. The summed E-state index contributed by atoms with van der Waals surface area (Å²) >= 11 is 0. The molecule has 1 unspecified atom stereocenters. The third kappa shape index (κ3) is 7.86. The SMILES string of the molecule is COc1ccc(C(=O)NCC(=O)NC(C)CCc2ccc(OC(C)C)cc2)cc1. The number of aryl methyl sites for hydroxylation is 1. The molecular formula is C23H30N2O4. The van der Waals surface area contributed by atoms with E-state index in [0.717, 1.165) is 18.6 Å². The molecule has 2 aromatic rings. The van der Waals surface area contributed by atoms with Gasteiger partial charge in [0.15, 0.2) is 0 Å². The molecule has 0 aliphatic heterocycles. The lowest BCUT2D eigenvalue weighted by Crippen LogP contribution is -2.41. The predicted molar refractivity (Wildman–Crippen MR) is 113 cm³/mol. The van der Waals surface area contributed by atoms with Crippen LogP contribution in [-0.2, 0) is 11.2 Å². The van der Waals surface area contributed by atoms with Crippen LogP contribution in [0.25, 0.3) is 0 Å². The first-order valence-electron chi connectivity index (χ1n) is 9.84. The van der Waals surface area contributed by atoms with E-state index in [-0.39, 0.29) is 30.5 Å². The molecule has 0 radical (unpaired) electrons. The van der Waals surface area contributed by atoms with Gasteiger partial charge in [-0.05, 0) is 75.6 Å². The van der Waals surface area contributed by atoms with Crippen LogP contribution in [0.4, 0.5) is 0 Å². The summed E-state index contributed by atoms with van der Waals surface area (Å²) in [6, 6.07) is 14.8. The van der Waals surface area contributed by atoms with Crippen molar-refractivity contribution in [3.05, 3.63) is 59.7 Å². The number of carbonyl (C=O) groups excluding carboxylic acids is 2. The van der Waals surface area contributed by atoms with Crippen molar-refractivity contribution in [1.82, 2.24) is 10.6 Å². The average molecular weight is 399 g/mol. The molecule has 2 aromatic carbocycles. The lowest BCUT2D eigenvalue weighted by molar-refractivity contribution is -0.120. The summed E-state index contributed by atoms with van der Waals surface area (Å²) in [6.45, 7) is 5.89. The van der Waals surface area contributed by atoms with Gasteiger partial charge in [-0.25, -0.2) is 0 Å². The van der Waals surface area contributed by atoms with Crippen molar-refractivity contribution in [3.63, 3.8) is 0 Å². The number of carbonyl (C=O) groups is 2. The highest BCUT2D eigenvalue weighted by molar-refractivity contribution is 5.96. The Morgan fingerprint density at radius 1 is 0.931 bits per heavy atom. The Kier molecular flexibility index (Phi) is 8.52. The fourth-order valence-electron chi connectivity index (χ4n) is 2.79. The summed E-state index contributed by atoms with van der Waals surface area (Å²) in [5, 5.41) is 5.55. The van der Waals surface area contributed by atoms with Crippen LogP contribution < -0.4 is 20.1 Å². The van der Waals surface area contributed by atoms with Gasteiger partial charge in [0.05, 0.1) is 19.8 Å². The van der Waals surface area contributed by atoms with E-state index in [4.69, 9.17) is 9.47 Å². The second-order valence-corrected chi connectivity index (χ2v) is 7.23. The molecule has 0 aliphatic carbocycles. The van der Waals surface area contributed by atoms with E-state index >= 15 is 0 Å². The summed E-state index contributed by atoms with van der Waals surface area (Å²) in [7, 11) is 1.57. The van der Waals surface area contributed by atoms with Gasteiger partial charge in [-0.3, -0.25) is 9.59 Å². The van der Waals surface area contributed by atoms with E-state index in [1.54, 1.807) is 31.4 Å². The van der Waals surface area contributed by atoms with Gasteiger partial charge in [-0.2, -0.15) is 0 Å². The van der Waals surface area contributed by atoms with E-state index in [1.807, 2.05) is 45.0 Å². The Bertz CT molecular complexity index is 786. The summed E-state index contributed by atoms with van der Waals surface area (Å²) in [5.41, 5.74) is 1.67. The van der Waals surface area contributed by atoms with Gasteiger partial charge in [-0.1, -0.05) is 12.1 Å². The molecule has 2 amide bonds. The highest BCUT2D eigenvalue weighted by Gasteiger charge is 2.11. The summed E-state index contributed by atoms with van der Waals surface area (Å²) in [6.07, 6.45) is 1.81. The Balaban J connectivity index is 1.70. The van der Waals surface area contributed by atoms with Crippen LogP contribution in [0.3, 0.4) is 0 Å². The van der Waals surface area contributed by atoms with Gasteiger partial charge in [-0.15, -0.1) is 0 Å². The summed E-state index contributed by atoms with van der Waals surface area (Å²) in [4.78, 5) is 24.2. The average Bonchev–Trinajstić information content (AvgIpc) is 2.71. The van der Waals surface area contributed by atoms with E-state index in [2.05, 4.69) is 10.6 Å². The van der Waals surface area contributed by atoms with Crippen LogP contribution in [0.1, 0.15) is 43.1 Å². The largest absolute Gasteiger partial charge is 0.497 e. The Labute approximate surface area is 172 Å². The Hall–Kier alpha value is -3.02. The Morgan fingerprint density at radius 2 is 1.55 bits per heavy atom. The van der Waals surface area contributed by atoms with Gasteiger partial charge in [0.25, 0.3) is 5.91 Å². The molecule has 0 fully saturated rings. The number of hydrogen-bond donors (Lipinski definition) is 2. The van der Waals surface area contributed by atoms with Gasteiger partial charge >= 0.3 is 0 Å². The zero-order valence-electron chi connectivity index (χ0n) is 17.5. The molecule has 2 N–H and O–H groups in total. The van der Waals surface area contributed by atoms with Gasteiger partial charge < -0.3 is 20.1 Å². The lowest BCUT2D eigenvalue weighted by atomic mass is 10.1. The maximum absolute atomic E-state index is 12.1. The lowest BCUT2D eigenvalue weighted by Gasteiger charge is -2.15. The zero-order valence-corrected chi connectivity index (χ0v) is 17.5. The van der Waals surface area contributed by atoms with Gasteiger partial charge in [0.1, 0.15) is 11.5 Å². The normalized spacial score (nSPS) is 11.6. The predicted octanol–water partition coefficient (Wildman–Crippen LogP) is 3.35. The monoisotopic (exact) mass is 398 g/mol. The van der Waals surface area contributed by atoms with Crippen molar-refractivity contribution in [3.8, 4) is 11.5 Å². The minimum Gasteiger partial charge on any atom is -0.497 e. The number of rotatable bonds is 10. The maximum atomic E-state index is 12.1. The fourth-order valence-corrected chi connectivity index (χ4v) is 2.79. The van der Waals surface area contributed by atoms with Crippen LogP contribution in [0.2, 0.25) is 0 Å². The molecule has 29 heavy (non-hydrogen) atoms. The van der Waals surface area contributed by atoms with Crippen LogP contribution in [0, 0.1) is 0 Å². The van der Waals surface area contributed by atoms with Gasteiger partial charge in [0, 0.05) is 11.6 Å². The molecule has 0 aliphatic rings. The molecule has 156 valence electrons. The van der Waals surface area contributed by atoms with Crippen molar-refractivity contribution < 1.29 is 19.1 Å². The van der Waals surface area contributed by atoms with Crippen LogP contribution >= 0.6 is 0 Å². The molecule has 0 aromatic heterocycles. The van der Waals surface area contributed by atoms with E-state index in [1.165, 1.54) is 5.56 Å². The fraction of sp³-hybridized carbons (Fsp3) is 0.391. The molecule has 1 atom stereocenters. The van der Waals surface area contributed by atoms with Crippen molar-refractivity contribution in [2.24, 2.45) is 0 Å². The minimum absolute atomic E-state index is 0.00646. The quantitative estimate of drug-likeness (QED) is 0.643. The first-order chi connectivity index (χ1) is 13.9. The van der Waals surface area contributed by atoms with Gasteiger partial charge in [0.2, 0.25) is 5.91 Å². The van der Waals surface area contributed by atoms with E-state index < -0.39 is 0 Å². The molecule has 0 saturated heterocycles. The molecule has 6 nitrogen and oxygen atoms in total.